The number of rotatable bonds is 5. The molecule has 0 bridgehead atoms. The summed E-state index contributed by atoms with van der Waals surface area (Å²) in [4.78, 5) is 0. The van der Waals surface area contributed by atoms with Crippen LogP contribution in [-0.2, 0) is 35.5 Å². The summed E-state index contributed by atoms with van der Waals surface area (Å²) in [7, 11) is 0. The van der Waals surface area contributed by atoms with Crippen LogP contribution in [-0.4, -0.2) is 4.21 Å². The van der Waals surface area contributed by atoms with Gasteiger partial charge in [0.15, 0.2) is 0 Å². The van der Waals surface area contributed by atoms with Crippen LogP contribution < -0.4 is 9.81 Å². The molecule has 0 radical (unpaired) electrons. The Labute approximate surface area is 337 Å². The molecule has 2 aliphatic rings. The molecule has 1 atom stereocenters. The topological polar surface area (TPSA) is 0 Å². The van der Waals surface area contributed by atoms with Crippen molar-refractivity contribution in [3.8, 4) is 11.1 Å². The summed E-state index contributed by atoms with van der Waals surface area (Å²) < 4.78 is 11.6. The Morgan fingerprint density at radius 2 is 1.17 bits per heavy atom. The molecule has 0 saturated heterocycles. The molecule has 278 valence electrons. The van der Waals surface area contributed by atoms with Crippen LogP contribution >= 0.6 is 48.0 Å². The Bertz CT molecular complexity index is 2090. The van der Waals surface area contributed by atoms with Gasteiger partial charge in [-0.1, -0.05) is 0 Å². The van der Waals surface area contributed by atoms with Gasteiger partial charge in [-0.3, -0.25) is 0 Å². The third-order valence-corrected chi connectivity index (χ3v) is 29.1. The molecule has 52 heavy (non-hydrogen) atoms. The van der Waals surface area contributed by atoms with Crippen molar-refractivity contribution < 1.29 is 18.3 Å². The number of halogens is 4. The molecule has 0 aromatic heterocycles. The zero-order valence-electron chi connectivity index (χ0n) is 33.3. The first-order valence-electron chi connectivity index (χ1n) is 18.4. The molecule has 4 aromatic carbocycles. The Kier molecular flexibility index (Phi) is 11.9. The van der Waals surface area contributed by atoms with Gasteiger partial charge in [0.25, 0.3) is 0 Å². The third-order valence-electron chi connectivity index (χ3n) is 12.0. The van der Waals surface area contributed by atoms with Gasteiger partial charge < -0.3 is 0 Å². The molecule has 0 spiro atoms. The molecule has 0 heterocycles. The molecule has 1 unspecified atom stereocenters. The number of aryl methyl sites for hydroxylation is 1. The molecular formula is C47H58Cl4Zr. The summed E-state index contributed by atoms with van der Waals surface area (Å²) in [6.45, 7) is 28.2. The minimum atomic E-state index is -5.20. The van der Waals surface area contributed by atoms with Crippen molar-refractivity contribution in [1.29, 1.82) is 0 Å². The zero-order valence-corrected chi connectivity index (χ0v) is 38.9. The van der Waals surface area contributed by atoms with Crippen LogP contribution in [0.15, 0.2) is 87.7 Å². The molecule has 0 saturated carbocycles. The van der Waals surface area contributed by atoms with Gasteiger partial charge in [-0.05, 0) is 0 Å². The van der Waals surface area contributed by atoms with Crippen LogP contribution in [0, 0.1) is 25.2 Å². The molecule has 0 N–H and O–H groups in total. The number of benzene rings is 4. The van der Waals surface area contributed by atoms with E-state index in [4.69, 9.17) is 27.4 Å². The third kappa shape index (κ3) is 6.77. The summed E-state index contributed by atoms with van der Waals surface area (Å²) in [5, 5.41) is 1.50. The van der Waals surface area contributed by atoms with E-state index in [1.807, 2.05) is 0 Å². The van der Waals surface area contributed by atoms with Gasteiger partial charge in [-0.2, -0.15) is 0 Å². The molecule has 5 heteroatoms. The van der Waals surface area contributed by atoms with Gasteiger partial charge in [-0.15, -0.1) is 24.8 Å². The fraction of sp³-hybridized carbons (Fsp3) is 0.383. The van der Waals surface area contributed by atoms with E-state index in [-0.39, 0.29) is 47.0 Å². The Hall–Kier alpha value is -1.73. The predicted molar refractivity (Wildman–Crippen MR) is 234 cm³/mol. The van der Waals surface area contributed by atoms with E-state index in [9.17, 15) is 0 Å². The molecular weight excluding hydrogens is 798 g/mol. The Morgan fingerprint density at radius 1 is 0.692 bits per heavy atom. The van der Waals surface area contributed by atoms with Crippen molar-refractivity contribution >= 4 is 62.0 Å². The first-order chi connectivity index (χ1) is 23.1. The molecule has 0 amide bonds. The number of hydrogen-bond acceptors (Lipinski definition) is 0. The van der Waals surface area contributed by atoms with Gasteiger partial charge >= 0.3 is 316 Å². The van der Waals surface area contributed by atoms with Crippen LogP contribution in [0.25, 0.3) is 11.1 Å². The summed E-state index contributed by atoms with van der Waals surface area (Å²) in [5.74, 6) is 0.269. The van der Waals surface area contributed by atoms with Gasteiger partial charge in [0.1, 0.15) is 0 Å². The summed E-state index contributed by atoms with van der Waals surface area (Å²) in [5.41, 5.74) is 12.6. The van der Waals surface area contributed by atoms with Crippen molar-refractivity contribution in [2.45, 2.75) is 107 Å². The minimum absolute atomic E-state index is 0. The van der Waals surface area contributed by atoms with E-state index < -0.39 is 18.3 Å². The molecule has 0 fully saturated rings. The SMILES string of the molecule is Cl.Cl.[CH2]=[Zr]([C]1=CC(C(C)(C)C)=CC1CC)([c]1ccc(Cl)cc1)([c]1ccc(Cl)cc1)[c]1c(C)c(C(C)(C)C)cc2c1Cc1cc(C)c(C(C)(C)C)cc1-2. The molecule has 0 nitrogen and oxygen atoms in total. The van der Waals surface area contributed by atoms with Crippen molar-refractivity contribution in [3.05, 3.63) is 131 Å². The Balaban J connectivity index is 0.00000302. The second-order valence-electron chi connectivity index (χ2n) is 18.4. The van der Waals surface area contributed by atoms with E-state index in [2.05, 4.69) is 162 Å². The number of allylic oxidation sites excluding steroid dienone is 4. The van der Waals surface area contributed by atoms with Gasteiger partial charge in [0.2, 0.25) is 0 Å². The first kappa shape index (κ1) is 43.0. The predicted octanol–water partition coefficient (Wildman–Crippen LogP) is 12.9. The van der Waals surface area contributed by atoms with Crippen LogP contribution in [0.5, 0.6) is 0 Å². The normalized spacial score (nSPS) is 16.0. The maximum absolute atomic E-state index is 6.72. The van der Waals surface area contributed by atoms with E-state index in [0.717, 1.165) is 22.9 Å². The zero-order chi connectivity index (χ0) is 36.8. The number of hydrogen-bond donors (Lipinski definition) is 0. The molecule has 2 aliphatic carbocycles. The van der Waals surface area contributed by atoms with Gasteiger partial charge in [0.05, 0.1) is 0 Å². The van der Waals surface area contributed by atoms with Crippen molar-refractivity contribution in [2.75, 3.05) is 0 Å². The average molecular weight is 856 g/mol. The van der Waals surface area contributed by atoms with Crippen molar-refractivity contribution in [1.82, 2.24) is 0 Å². The van der Waals surface area contributed by atoms with E-state index in [0.29, 0.717) is 0 Å². The quantitative estimate of drug-likeness (QED) is 0.165. The molecule has 0 aliphatic heterocycles. The van der Waals surface area contributed by atoms with E-state index in [1.54, 1.807) is 0 Å². The fourth-order valence-corrected chi connectivity index (χ4v) is 27.2. The summed E-state index contributed by atoms with van der Waals surface area (Å²) in [6.07, 6.45) is 7.08. The van der Waals surface area contributed by atoms with E-state index in [1.165, 1.54) is 63.2 Å². The monoisotopic (exact) mass is 852 g/mol. The van der Waals surface area contributed by atoms with Crippen LogP contribution in [0.1, 0.15) is 109 Å². The standard InChI is InChI=1S/C23H29.C11H17.2C6H4Cl.CH2.2ClH.Zr/c1-14-9-16-11-17-10-15(2)21(23(6,7)8)13-19(17)18(16)12-20(14)22(3,4)5;1-5-9-6-7-10(8-9)11(2,3)4;2*7-6-4-2-1-3-5-6;;;;/h9,12-13H,11H2,1-8H3;7-9H,5H2,1-4H3;2*2-5H;1H2;2*1H;. The van der Waals surface area contributed by atoms with Crippen molar-refractivity contribution in [2.24, 2.45) is 11.3 Å². The average Bonchev–Trinajstić information content (AvgIpc) is 3.62. The van der Waals surface area contributed by atoms with E-state index >= 15 is 0 Å². The fourth-order valence-electron chi connectivity index (χ4n) is 9.52. The summed E-state index contributed by atoms with van der Waals surface area (Å²) >= 11 is 8.23. The summed E-state index contributed by atoms with van der Waals surface area (Å²) in [6, 6.07) is 25.2. The second-order valence-corrected chi connectivity index (χ2v) is 31.9. The maximum atomic E-state index is 6.72. The van der Waals surface area contributed by atoms with Gasteiger partial charge in [-0.25, -0.2) is 0 Å². The molecule has 6 rings (SSSR count). The second kappa shape index (κ2) is 14.4. The van der Waals surface area contributed by atoms with Crippen LogP contribution in [0.3, 0.4) is 0 Å². The van der Waals surface area contributed by atoms with Crippen LogP contribution in [0.4, 0.5) is 0 Å². The molecule has 4 aromatic rings. The van der Waals surface area contributed by atoms with Crippen molar-refractivity contribution in [3.63, 3.8) is 0 Å². The first-order valence-corrected chi connectivity index (χ1v) is 25.8. The van der Waals surface area contributed by atoms with Crippen LogP contribution in [0.2, 0.25) is 10.0 Å². The Morgan fingerprint density at radius 3 is 1.62 bits per heavy atom. The van der Waals surface area contributed by atoms with Gasteiger partial charge in [0, 0.05) is 0 Å². The number of fused-ring (bicyclic) bond motifs is 3.